The van der Waals surface area contributed by atoms with Gasteiger partial charge in [-0.2, -0.15) is 0 Å². The van der Waals surface area contributed by atoms with Crippen molar-refractivity contribution in [3.63, 3.8) is 0 Å². The first-order chi connectivity index (χ1) is 10.8. The number of aliphatic hydroxyl groups is 2. The van der Waals surface area contributed by atoms with E-state index in [9.17, 15) is 15.0 Å². The summed E-state index contributed by atoms with van der Waals surface area (Å²) >= 11 is 0. The number of hydrogen-bond donors (Lipinski definition) is 2. The molecule has 0 aromatic carbocycles. The predicted octanol–water partition coefficient (Wildman–Crippen LogP) is 3.24. The molecule has 4 aliphatic carbocycles. The zero-order chi connectivity index (χ0) is 16.6. The standard InChI is InChI=1S/C20H30O3/c1-12-17(22)14-10-20(12,23)9-13-5-6-15-18(2,11-21)7-4-8-19(15,3)16(13)14/h12,14-15,21,23H,4-11H2,1-3H3/t12-,14+,15-,18-,19-,20-/m1/s1. The quantitative estimate of drug-likeness (QED) is 0.730. The van der Waals surface area contributed by atoms with Crippen LogP contribution in [-0.2, 0) is 4.79 Å². The topological polar surface area (TPSA) is 57.5 Å². The summed E-state index contributed by atoms with van der Waals surface area (Å²) in [6.07, 6.45) is 6.77. The Hall–Kier alpha value is -0.670. The second kappa shape index (κ2) is 4.70. The van der Waals surface area contributed by atoms with Gasteiger partial charge in [0.05, 0.1) is 5.60 Å². The van der Waals surface area contributed by atoms with Gasteiger partial charge >= 0.3 is 0 Å². The lowest BCUT2D eigenvalue weighted by Gasteiger charge is -2.57. The summed E-state index contributed by atoms with van der Waals surface area (Å²) in [7, 11) is 0. The third-order valence-corrected chi connectivity index (χ3v) is 8.15. The van der Waals surface area contributed by atoms with Crippen molar-refractivity contribution in [2.24, 2.45) is 28.6 Å². The summed E-state index contributed by atoms with van der Waals surface area (Å²) in [6, 6.07) is 0. The van der Waals surface area contributed by atoms with Crippen molar-refractivity contribution in [3.05, 3.63) is 11.1 Å². The fraction of sp³-hybridized carbons (Fsp3) is 0.850. The summed E-state index contributed by atoms with van der Waals surface area (Å²) in [4.78, 5) is 12.9. The van der Waals surface area contributed by atoms with E-state index >= 15 is 0 Å². The van der Waals surface area contributed by atoms with E-state index in [-0.39, 0.29) is 35.1 Å². The molecule has 0 aliphatic heterocycles. The highest BCUT2D eigenvalue weighted by Crippen LogP contribution is 2.65. The van der Waals surface area contributed by atoms with Crippen LogP contribution in [0.4, 0.5) is 0 Å². The average molecular weight is 318 g/mol. The van der Waals surface area contributed by atoms with Crippen molar-refractivity contribution >= 4 is 5.78 Å². The van der Waals surface area contributed by atoms with Gasteiger partial charge in [0.1, 0.15) is 5.78 Å². The lowest BCUT2D eigenvalue weighted by Crippen LogP contribution is -2.51. The second-order valence-electron chi connectivity index (χ2n) is 9.35. The van der Waals surface area contributed by atoms with Crippen molar-refractivity contribution in [3.8, 4) is 0 Å². The van der Waals surface area contributed by atoms with E-state index in [0.717, 1.165) is 32.1 Å². The zero-order valence-electron chi connectivity index (χ0n) is 14.7. The third-order valence-electron chi connectivity index (χ3n) is 8.15. The molecule has 0 saturated heterocycles. The van der Waals surface area contributed by atoms with Gasteiger partial charge in [0, 0.05) is 18.4 Å². The Morgan fingerprint density at radius 2 is 2.00 bits per heavy atom. The molecule has 6 atom stereocenters. The first kappa shape index (κ1) is 15.8. The fourth-order valence-electron chi connectivity index (χ4n) is 6.88. The number of aliphatic hydroxyl groups excluding tert-OH is 1. The number of ketones is 1. The van der Waals surface area contributed by atoms with Gasteiger partial charge in [0.25, 0.3) is 0 Å². The van der Waals surface area contributed by atoms with Crippen molar-refractivity contribution < 1.29 is 15.0 Å². The van der Waals surface area contributed by atoms with E-state index in [1.54, 1.807) is 0 Å². The van der Waals surface area contributed by atoms with Crippen molar-refractivity contribution in [1.29, 1.82) is 0 Å². The lowest BCUT2D eigenvalue weighted by atomic mass is 9.47. The summed E-state index contributed by atoms with van der Waals surface area (Å²) in [6.45, 7) is 6.74. The molecule has 2 fully saturated rings. The maximum atomic E-state index is 12.9. The Labute approximate surface area is 139 Å². The molecular formula is C20H30O3. The Kier molecular flexibility index (Phi) is 3.23. The van der Waals surface area contributed by atoms with Gasteiger partial charge in [-0.15, -0.1) is 0 Å². The molecule has 0 heterocycles. The molecule has 2 saturated carbocycles. The summed E-state index contributed by atoms with van der Waals surface area (Å²) in [5.74, 6) is 0.429. The highest BCUT2D eigenvalue weighted by Gasteiger charge is 2.61. The molecule has 0 radical (unpaired) electrons. The van der Waals surface area contributed by atoms with Gasteiger partial charge in [-0.1, -0.05) is 38.3 Å². The van der Waals surface area contributed by atoms with E-state index in [2.05, 4.69) is 13.8 Å². The van der Waals surface area contributed by atoms with E-state index in [4.69, 9.17) is 0 Å². The van der Waals surface area contributed by atoms with Crippen LogP contribution in [0.2, 0.25) is 0 Å². The van der Waals surface area contributed by atoms with Crippen LogP contribution in [0.25, 0.3) is 0 Å². The van der Waals surface area contributed by atoms with Crippen LogP contribution in [0, 0.1) is 28.6 Å². The summed E-state index contributed by atoms with van der Waals surface area (Å²) < 4.78 is 0. The first-order valence-electron chi connectivity index (χ1n) is 9.34. The molecule has 4 aliphatic rings. The van der Waals surface area contributed by atoms with Gasteiger partial charge < -0.3 is 10.2 Å². The Morgan fingerprint density at radius 3 is 2.70 bits per heavy atom. The zero-order valence-corrected chi connectivity index (χ0v) is 14.7. The summed E-state index contributed by atoms with van der Waals surface area (Å²) in [5.41, 5.74) is 1.98. The molecule has 0 aromatic heterocycles. The van der Waals surface area contributed by atoms with Crippen LogP contribution >= 0.6 is 0 Å². The minimum absolute atomic E-state index is 0.0213. The number of carbonyl (C=O) groups is 1. The number of rotatable bonds is 1. The van der Waals surface area contributed by atoms with Gasteiger partial charge in [-0.05, 0) is 55.3 Å². The normalized spacial score (nSPS) is 52.4. The van der Waals surface area contributed by atoms with Crippen LogP contribution in [0.1, 0.15) is 65.7 Å². The number of hydrogen-bond acceptors (Lipinski definition) is 3. The monoisotopic (exact) mass is 318 g/mol. The van der Waals surface area contributed by atoms with Gasteiger partial charge in [0.2, 0.25) is 0 Å². The lowest BCUT2D eigenvalue weighted by molar-refractivity contribution is -0.125. The molecule has 128 valence electrons. The van der Waals surface area contributed by atoms with Crippen LogP contribution < -0.4 is 0 Å². The average Bonchev–Trinajstić information content (AvgIpc) is 2.67. The number of allylic oxidation sites excluding steroid dienone is 1. The molecule has 23 heavy (non-hydrogen) atoms. The first-order valence-corrected chi connectivity index (χ1v) is 9.34. The van der Waals surface area contributed by atoms with Crippen LogP contribution in [-0.4, -0.2) is 28.2 Å². The highest BCUT2D eigenvalue weighted by atomic mass is 16.3. The summed E-state index contributed by atoms with van der Waals surface area (Å²) in [5, 5.41) is 21.0. The molecule has 0 aromatic rings. The predicted molar refractivity (Wildman–Crippen MR) is 88.7 cm³/mol. The fourth-order valence-corrected chi connectivity index (χ4v) is 6.88. The van der Waals surface area contributed by atoms with Gasteiger partial charge in [-0.25, -0.2) is 0 Å². The van der Waals surface area contributed by atoms with Crippen molar-refractivity contribution in [2.45, 2.75) is 71.3 Å². The van der Waals surface area contributed by atoms with Gasteiger partial charge in [0.15, 0.2) is 0 Å². The maximum absolute atomic E-state index is 12.9. The number of Topliss-reactive ketones (excluding diaryl/α,β-unsaturated/α-hetero) is 1. The molecule has 2 N–H and O–H groups in total. The molecule has 3 nitrogen and oxygen atoms in total. The van der Waals surface area contributed by atoms with E-state index in [0.29, 0.717) is 18.8 Å². The SMILES string of the molecule is C[C@@H]1C(=O)[C@H]2C[C@]1(O)CC1=C2[C@]2(C)CCC[C@](C)(CO)[C@H]2CC1. The Balaban J connectivity index is 1.82. The van der Waals surface area contributed by atoms with E-state index < -0.39 is 5.60 Å². The minimum atomic E-state index is -0.793. The molecular weight excluding hydrogens is 288 g/mol. The number of fused-ring (bicyclic) bond motifs is 5. The molecule has 0 unspecified atom stereocenters. The van der Waals surface area contributed by atoms with Crippen LogP contribution in [0.5, 0.6) is 0 Å². The third kappa shape index (κ3) is 1.87. The maximum Gasteiger partial charge on any atom is 0.145 e. The highest BCUT2D eigenvalue weighted by molar-refractivity contribution is 5.91. The number of carbonyl (C=O) groups excluding carboxylic acids is 1. The second-order valence-corrected chi connectivity index (χ2v) is 9.35. The van der Waals surface area contributed by atoms with Gasteiger partial charge in [-0.3, -0.25) is 4.79 Å². The molecule has 3 heteroatoms. The van der Waals surface area contributed by atoms with Crippen molar-refractivity contribution in [2.75, 3.05) is 6.61 Å². The minimum Gasteiger partial charge on any atom is -0.396 e. The van der Waals surface area contributed by atoms with E-state index in [1.165, 1.54) is 11.1 Å². The smallest absolute Gasteiger partial charge is 0.145 e. The Bertz CT molecular complexity index is 594. The van der Waals surface area contributed by atoms with Crippen LogP contribution in [0.3, 0.4) is 0 Å². The molecule has 4 rings (SSSR count). The Morgan fingerprint density at radius 1 is 1.26 bits per heavy atom. The largest absolute Gasteiger partial charge is 0.396 e. The molecule has 0 spiro atoms. The van der Waals surface area contributed by atoms with Crippen LogP contribution in [0.15, 0.2) is 11.1 Å². The van der Waals surface area contributed by atoms with Crippen molar-refractivity contribution in [1.82, 2.24) is 0 Å². The molecule has 2 bridgehead atoms. The molecule has 0 amide bonds. The van der Waals surface area contributed by atoms with E-state index in [1.807, 2.05) is 6.92 Å².